The van der Waals surface area contributed by atoms with Crippen LogP contribution in [-0.2, 0) is 11.2 Å². The van der Waals surface area contributed by atoms with Crippen LogP contribution in [0.25, 0.3) is 0 Å². The zero-order valence-corrected chi connectivity index (χ0v) is 12.4. The van der Waals surface area contributed by atoms with E-state index in [0.29, 0.717) is 17.2 Å². The predicted octanol–water partition coefficient (Wildman–Crippen LogP) is 4.09. The third kappa shape index (κ3) is 5.68. The van der Waals surface area contributed by atoms with E-state index in [4.69, 9.17) is 0 Å². The van der Waals surface area contributed by atoms with Crippen molar-refractivity contribution in [1.82, 2.24) is 0 Å². The van der Waals surface area contributed by atoms with Crippen molar-refractivity contribution in [2.24, 2.45) is 5.92 Å². The maximum Gasteiger partial charge on any atom is 0.147 e. The summed E-state index contributed by atoms with van der Waals surface area (Å²) in [6.45, 7) is 4.23. The lowest BCUT2D eigenvalue weighted by atomic mass is 10.1. The topological polar surface area (TPSA) is 17.1 Å². The molecule has 1 aromatic carbocycles. The minimum absolute atomic E-state index is 0.0765. The highest BCUT2D eigenvalue weighted by molar-refractivity contribution is 9.10. The minimum atomic E-state index is -0.310. The van der Waals surface area contributed by atoms with E-state index >= 15 is 0 Å². The van der Waals surface area contributed by atoms with Crippen LogP contribution in [-0.4, -0.2) is 17.3 Å². The van der Waals surface area contributed by atoms with Gasteiger partial charge in [0.15, 0.2) is 0 Å². The molecule has 0 saturated carbocycles. The molecule has 0 atom stereocenters. The van der Waals surface area contributed by atoms with Crippen LogP contribution in [0.1, 0.15) is 19.4 Å². The van der Waals surface area contributed by atoms with Crippen LogP contribution in [0.5, 0.6) is 0 Å². The van der Waals surface area contributed by atoms with Crippen molar-refractivity contribution in [3.05, 3.63) is 34.1 Å². The van der Waals surface area contributed by atoms with Gasteiger partial charge in [-0.25, -0.2) is 4.39 Å². The summed E-state index contributed by atoms with van der Waals surface area (Å²) in [5.41, 5.74) is 0.467. The van der Waals surface area contributed by atoms with Gasteiger partial charge < -0.3 is 0 Å². The fraction of sp³-hybridized carbons (Fsp3) is 0.462. The molecule has 4 heteroatoms. The Bertz CT molecular complexity index is 393. The van der Waals surface area contributed by atoms with Crippen LogP contribution in [0.4, 0.5) is 4.39 Å². The van der Waals surface area contributed by atoms with Crippen LogP contribution in [0.15, 0.2) is 22.7 Å². The molecule has 0 spiro atoms. The first-order chi connectivity index (χ1) is 7.99. The standard InChI is InChI=1S/C13H16BrFOS/c1-9(2)7-17-8-12(16)6-10-5-11(14)3-4-13(10)15/h3-5,9H,6-8H2,1-2H3. The molecule has 0 aromatic heterocycles. The molecule has 1 aromatic rings. The Morgan fingerprint density at radius 2 is 2.18 bits per heavy atom. The maximum atomic E-state index is 13.4. The van der Waals surface area contributed by atoms with Gasteiger partial charge in [0, 0.05) is 10.9 Å². The van der Waals surface area contributed by atoms with E-state index in [2.05, 4.69) is 29.8 Å². The number of ketones is 1. The van der Waals surface area contributed by atoms with Gasteiger partial charge in [-0.05, 0) is 35.4 Å². The Hall–Kier alpha value is -0.350. The summed E-state index contributed by atoms with van der Waals surface area (Å²) in [6.07, 6.45) is 0.177. The maximum absolute atomic E-state index is 13.4. The summed E-state index contributed by atoms with van der Waals surface area (Å²) in [6, 6.07) is 4.69. The molecule has 17 heavy (non-hydrogen) atoms. The summed E-state index contributed by atoms with van der Waals surface area (Å²) in [5.74, 6) is 1.77. The molecular formula is C13H16BrFOS. The second kappa shape index (κ2) is 7.17. The zero-order valence-electron chi connectivity index (χ0n) is 10.0. The largest absolute Gasteiger partial charge is 0.298 e. The number of carbonyl (C=O) groups excluding carboxylic acids is 1. The number of thioether (sulfide) groups is 1. The molecule has 0 amide bonds. The van der Waals surface area contributed by atoms with Crippen molar-refractivity contribution in [1.29, 1.82) is 0 Å². The van der Waals surface area contributed by atoms with E-state index in [9.17, 15) is 9.18 Å². The molecule has 0 heterocycles. The van der Waals surface area contributed by atoms with Crippen molar-refractivity contribution in [3.63, 3.8) is 0 Å². The predicted molar refractivity (Wildman–Crippen MR) is 75.0 cm³/mol. The van der Waals surface area contributed by atoms with Gasteiger partial charge in [0.05, 0.1) is 5.75 Å². The number of rotatable bonds is 6. The third-order valence-corrected chi connectivity index (χ3v) is 4.03. The number of Topliss-reactive ketones (excluding diaryl/α,β-unsaturated/α-hetero) is 1. The number of halogens is 2. The van der Waals surface area contributed by atoms with Crippen molar-refractivity contribution >= 4 is 33.5 Å². The number of benzene rings is 1. The molecule has 0 aliphatic heterocycles. The van der Waals surface area contributed by atoms with E-state index < -0.39 is 0 Å². The Morgan fingerprint density at radius 3 is 2.82 bits per heavy atom. The average Bonchev–Trinajstić information content (AvgIpc) is 2.23. The van der Waals surface area contributed by atoms with Gasteiger partial charge in [0.25, 0.3) is 0 Å². The van der Waals surface area contributed by atoms with Gasteiger partial charge in [0.1, 0.15) is 11.6 Å². The van der Waals surface area contributed by atoms with Gasteiger partial charge in [0.2, 0.25) is 0 Å². The Balaban J connectivity index is 2.47. The lowest BCUT2D eigenvalue weighted by Gasteiger charge is -2.05. The fourth-order valence-electron chi connectivity index (χ4n) is 1.35. The highest BCUT2D eigenvalue weighted by Crippen LogP contribution is 2.17. The lowest BCUT2D eigenvalue weighted by Crippen LogP contribution is -2.08. The molecule has 0 aliphatic carbocycles. The van der Waals surface area contributed by atoms with Crippen LogP contribution < -0.4 is 0 Å². The molecule has 1 nitrogen and oxygen atoms in total. The molecule has 0 unspecified atom stereocenters. The summed E-state index contributed by atoms with van der Waals surface area (Å²) >= 11 is 4.89. The first-order valence-electron chi connectivity index (χ1n) is 5.52. The van der Waals surface area contributed by atoms with Crippen LogP contribution in [0.3, 0.4) is 0 Å². The molecule has 0 aliphatic rings. The van der Waals surface area contributed by atoms with E-state index in [1.165, 1.54) is 6.07 Å². The Kier molecular flexibility index (Phi) is 6.20. The monoisotopic (exact) mass is 318 g/mol. The molecule has 0 N–H and O–H groups in total. The molecule has 94 valence electrons. The first-order valence-corrected chi connectivity index (χ1v) is 7.47. The number of hydrogen-bond acceptors (Lipinski definition) is 2. The summed E-state index contributed by atoms with van der Waals surface area (Å²) < 4.78 is 14.2. The molecular weight excluding hydrogens is 303 g/mol. The average molecular weight is 319 g/mol. The van der Waals surface area contributed by atoms with Crippen LogP contribution in [0, 0.1) is 11.7 Å². The summed E-state index contributed by atoms with van der Waals surface area (Å²) in [5, 5.41) is 0. The quantitative estimate of drug-likeness (QED) is 0.785. The Morgan fingerprint density at radius 1 is 1.47 bits per heavy atom. The van der Waals surface area contributed by atoms with E-state index in [-0.39, 0.29) is 18.0 Å². The molecule has 1 rings (SSSR count). The number of hydrogen-bond donors (Lipinski definition) is 0. The summed E-state index contributed by atoms with van der Waals surface area (Å²) in [4.78, 5) is 11.7. The second-order valence-corrected chi connectivity index (χ2v) is 6.31. The van der Waals surface area contributed by atoms with Gasteiger partial charge >= 0.3 is 0 Å². The van der Waals surface area contributed by atoms with Crippen LogP contribution in [0.2, 0.25) is 0 Å². The van der Waals surface area contributed by atoms with Gasteiger partial charge in [-0.2, -0.15) is 11.8 Å². The van der Waals surface area contributed by atoms with E-state index in [0.717, 1.165) is 10.2 Å². The highest BCUT2D eigenvalue weighted by atomic mass is 79.9. The third-order valence-electron chi connectivity index (χ3n) is 2.11. The Labute approximate surface area is 114 Å². The first kappa shape index (κ1) is 14.7. The number of carbonyl (C=O) groups is 1. The lowest BCUT2D eigenvalue weighted by molar-refractivity contribution is -0.116. The summed E-state index contributed by atoms with van der Waals surface area (Å²) in [7, 11) is 0. The van der Waals surface area contributed by atoms with E-state index in [1.807, 2.05) is 0 Å². The molecule has 0 fully saturated rings. The second-order valence-electron chi connectivity index (χ2n) is 4.36. The van der Waals surface area contributed by atoms with Crippen molar-refractivity contribution in [3.8, 4) is 0 Å². The van der Waals surface area contributed by atoms with Crippen LogP contribution >= 0.6 is 27.7 Å². The van der Waals surface area contributed by atoms with E-state index in [1.54, 1.807) is 23.9 Å². The zero-order chi connectivity index (χ0) is 12.8. The fourth-order valence-corrected chi connectivity index (χ4v) is 2.68. The smallest absolute Gasteiger partial charge is 0.147 e. The molecule has 0 radical (unpaired) electrons. The van der Waals surface area contributed by atoms with Crippen molar-refractivity contribution in [2.45, 2.75) is 20.3 Å². The molecule has 0 saturated heterocycles. The normalized spacial score (nSPS) is 10.9. The molecule has 0 bridgehead atoms. The van der Waals surface area contributed by atoms with Gasteiger partial charge in [-0.15, -0.1) is 0 Å². The van der Waals surface area contributed by atoms with Crippen molar-refractivity contribution in [2.75, 3.05) is 11.5 Å². The van der Waals surface area contributed by atoms with Gasteiger partial charge in [-0.3, -0.25) is 4.79 Å². The SMILES string of the molecule is CC(C)CSCC(=O)Cc1cc(Br)ccc1F. The van der Waals surface area contributed by atoms with Crippen molar-refractivity contribution < 1.29 is 9.18 Å². The minimum Gasteiger partial charge on any atom is -0.298 e. The highest BCUT2D eigenvalue weighted by Gasteiger charge is 2.09. The van der Waals surface area contributed by atoms with Gasteiger partial charge in [-0.1, -0.05) is 29.8 Å².